The van der Waals surface area contributed by atoms with Crippen molar-refractivity contribution in [3.8, 4) is 0 Å². The molecule has 4 N–H and O–H groups in total. The first-order valence-corrected chi connectivity index (χ1v) is 3.65. The van der Waals surface area contributed by atoms with E-state index in [-0.39, 0.29) is 6.54 Å². The number of nitrogens with zero attached hydrogens (tertiary/aromatic N) is 1. The number of aromatic nitrogens is 1. The van der Waals surface area contributed by atoms with Crippen molar-refractivity contribution in [1.29, 1.82) is 0 Å². The van der Waals surface area contributed by atoms with Gasteiger partial charge in [-0.25, -0.2) is 0 Å². The maximum absolute atomic E-state index is 10.9. The molecule has 0 aliphatic rings. The Morgan fingerprint density at radius 1 is 1.50 bits per heavy atom. The van der Waals surface area contributed by atoms with Gasteiger partial charge in [0, 0.05) is 18.9 Å². The molecule has 1 rings (SSSR count). The molecule has 4 nitrogen and oxygen atoms in total. The number of amides is 1. The molecule has 0 aromatic carbocycles. The minimum Gasteiger partial charge on any atom is -0.369 e. The predicted octanol–water partition coefficient (Wildman–Crippen LogP) is -0.391. The highest BCUT2D eigenvalue weighted by Crippen LogP contribution is 2.11. The van der Waals surface area contributed by atoms with Crippen LogP contribution in [0.25, 0.3) is 0 Å². The Hall–Kier alpha value is -1.42. The molecule has 1 unspecified atom stereocenters. The molecule has 1 aromatic heterocycles. The minimum absolute atomic E-state index is 0.235. The number of nitrogens with two attached hydrogens (primary N) is 2. The van der Waals surface area contributed by atoms with Gasteiger partial charge in [0.05, 0.1) is 5.92 Å². The first-order chi connectivity index (χ1) is 5.75. The second-order valence-electron chi connectivity index (χ2n) is 2.47. The zero-order valence-corrected chi connectivity index (χ0v) is 6.60. The van der Waals surface area contributed by atoms with Crippen LogP contribution in [0.15, 0.2) is 24.5 Å². The fraction of sp³-hybridized carbons (Fsp3) is 0.250. The first-order valence-electron chi connectivity index (χ1n) is 3.65. The summed E-state index contributed by atoms with van der Waals surface area (Å²) in [5.41, 5.74) is 11.3. The number of rotatable bonds is 3. The molecule has 1 heterocycles. The van der Waals surface area contributed by atoms with E-state index in [9.17, 15) is 4.79 Å². The Bertz CT molecular complexity index is 260. The van der Waals surface area contributed by atoms with Crippen LogP contribution in [-0.4, -0.2) is 17.4 Å². The average Bonchev–Trinajstić information content (AvgIpc) is 2.07. The first kappa shape index (κ1) is 8.67. The summed E-state index contributed by atoms with van der Waals surface area (Å²) in [5, 5.41) is 0. The van der Waals surface area contributed by atoms with Crippen LogP contribution in [-0.2, 0) is 4.79 Å². The van der Waals surface area contributed by atoms with Crippen molar-refractivity contribution in [3.05, 3.63) is 30.1 Å². The molecule has 4 heteroatoms. The molecule has 1 amide bonds. The summed E-state index contributed by atoms with van der Waals surface area (Å²) < 4.78 is 0. The van der Waals surface area contributed by atoms with Gasteiger partial charge in [-0.2, -0.15) is 0 Å². The topological polar surface area (TPSA) is 82.0 Å². The summed E-state index contributed by atoms with van der Waals surface area (Å²) in [6, 6.07) is 3.48. The van der Waals surface area contributed by atoms with Crippen LogP contribution in [0.2, 0.25) is 0 Å². The smallest absolute Gasteiger partial charge is 0.226 e. The highest BCUT2D eigenvalue weighted by atomic mass is 16.1. The fourth-order valence-electron chi connectivity index (χ4n) is 1.01. The van der Waals surface area contributed by atoms with E-state index in [0.29, 0.717) is 0 Å². The lowest BCUT2D eigenvalue weighted by Gasteiger charge is -2.09. The third-order valence-electron chi connectivity index (χ3n) is 1.69. The Morgan fingerprint density at radius 3 is 2.50 bits per heavy atom. The highest BCUT2D eigenvalue weighted by Gasteiger charge is 2.14. The van der Waals surface area contributed by atoms with Crippen LogP contribution in [0, 0.1) is 0 Å². The zero-order chi connectivity index (χ0) is 8.97. The Kier molecular flexibility index (Phi) is 2.76. The highest BCUT2D eigenvalue weighted by molar-refractivity contribution is 5.82. The van der Waals surface area contributed by atoms with E-state index in [0.717, 1.165) is 5.56 Å². The number of hydrogen-bond acceptors (Lipinski definition) is 3. The number of primary amides is 1. The number of hydrogen-bond donors (Lipinski definition) is 2. The normalized spacial score (nSPS) is 12.4. The van der Waals surface area contributed by atoms with E-state index < -0.39 is 11.8 Å². The largest absolute Gasteiger partial charge is 0.369 e. The Balaban J connectivity index is 2.88. The van der Waals surface area contributed by atoms with Crippen molar-refractivity contribution in [1.82, 2.24) is 4.98 Å². The molecule has 1 atom stereocenters. The van der Waals surface area contributed by atoms with Crippen LogP contribution in [0.5, 0.6) is 0 Å². The van der Waals surface area contributed by atoms with Gasteiger partial charge in [0.15, 0.2) is 0 Å². The molecule has 0 saturated carbocycles. The van der Waals surface area contributed by atoms with Gasteiger partial charge in [0.1, 0.15) is 0 Å². The maximum Gasteiger partial charge on any atom is 0.226 e. The Labute approximate surface area is 70.6 Å². The number of pyridine rings is 1. The van der Waals surface area contributed by atoms with E-state index >= 15 is 0 Å². The minimum atomic E-state index is -0.399. The summed E-state index contributed by atoms with van der Waals surface area (Å²) in [5.74, 6) is -0.795. The van der Waals surface area contributed by atoms with E-state index in [4.69, 9.17) is 11.5 Å². The summed E-state index contributed by atoms with van der Waals surface area (Å²) >= 11 is 0. The standard InChI is InChI=1S/C8H11N3O/c9-5-7(8(10)12)6-1-3-11-4-2-6/h1-4,7H,5,9H2,(H2,10,12). The lowest BCUT2D eigenvalue weighted by Crippen LogP contribution is -2.27. The van der Waals surface area contributed by atoms with Gasteiger partial charge in [-0.1, -0.05) is 0 Å². The van der Waals surface area contributed by atoms with Gasteiger partial charge in [-0.15, -0.1) is 0 Å². The number of carbonyl (C=O) groups is 1. The van der Waals surface area contributed by atoms with Gasteiger partial charge >= 0.3 is 0 Å². The molecule has 0 aliphatic carbocycles. The van der Waals surface area contributed by atoms with Crippen LogP contribution in [0.3, 0.4) is 0 Å². The third kappa shape index (κ3) is 1.79. The summed E-state index contributed by atoms with van der Waals surface area (Å²) in [7, 11) is 0. The maximum atomic E-state index is 10.9. The Morgan fingerprint density at radius 2 is 2.08 bits per heavy atom. The molecule has 0 fully saturated rings. The van der Waals surface area contributed by atoms with E-state index in [1.165, 1.54) is 0 Å². The van der Waals surface area contributed by atoms with E-state index in [2.05, 4.69) is 4.98 Å². The predicted molar refractivity (Wildman–Crippen MR) is 45.2 cm³/mol. The molecular weight excluding hydrogens is 154 g/mol. The van der Waals surface area contributed by atoms with E-state index in [1.807, 2.05) is 0 Å². The van der Waals surface area contributed by atoms with Gasteiger partial charge in [0.25, 0.3) is 0 Å². The van der Waals surface area contributed by atoms with Crippen LogP contribution < -0.4 is 11.5 Å². The molecular formula is C8H11N3O. The van der Waals surface area contributed by atoms with Crippen LogP contribution in [0.4, 0.5) is 0 Å². The van der Waals surface area contributed by atoms with Crippen LogP contribution in [0.1, 0.15) is 11.5 Å². The van der Waals surface area contributed by atoms with Crippen molar-refractivity contribution in [3.63, 3.8) is 0 Å². The lowest BCUT2D eigenvalue weighted by atomic mass is 10.0. The van der Waals surface area contributed by atoms with Crippen molar-refractivity contribution >= 4 is 5.91 Å². The van der Waals surface area contributed by atoms with Gasteiger partial charge in [-0.3, -0.25) is 9.78 Å². The summed E-state index contributed by atoms with van der Waals surface area (Å²) in [6.07, 6.45) is 3.22. The molecule has 0 aliphatic heterocycles. The SMILES string of the molecule is NCC(C(N)=O)c1ccncc1. The van der Waals surface area contributed by atoms with Crippen molar-refractivity contribution < 1.29 is 4.79 Å². The molecule has 0 spiro atoms. The average molecular weight is 165 g/mol. The van der Waals surface area contributed by atoms with Gasteiger partial charge in [0.2, 0.25) is 5.91 Å². The zero-order valence-electron chi connectivity index (χ0n) is 6.60. The van der Waals surface area contributed by atoms with Crippen LogP contribution >= 0.6 is 0 Å². The summed E-state index contributed by atoms with van der Waals surface area (Å²) in [6.45, 7) is 0.235. The van der Waals surface area contributed by atoms with Gasteiger partial charge < -0.3 is 11.5 Å². The fourth-order valence-corrected chi connectivity index (χ4v) is 1.01. The number of carbonyl (C=O) groups excluding carboxylic acids is 1. The van der Waals surface area contributed by atoms with Crippen molar-refractivity contribution in [2.75, 3.05) is 6.54 Å². The molecule has 0 saturated heterocycles. The van der Waals surface area contributed by atoms with Crippen molar-refractivity contribution in [2.24, 2.45) is 11.5 Å². The molecule has 1 aromatic rings. The monoisotopic (exact) mass is 165 g/mol. The lowest BCUT2D eigenvalue weighted by molar-refractivity contribution is -0.119. The molecule has 64 valence electrons. The second kappa shape index (κ2) is 3.82. The summed E-state index contributed by atoms with van der Waals surface area (Å²) in [4.78, 5) is 14.7. The van der Waals surface area contributed by atoms with Gasteiger partial charge in [-0.05, 0) is 17.7 Å². The molecule has 0 radical (unpaired) electrons. The quantitative estimate of drug-likeness (QED) is 0.639. The van der Waals surface area contributed by atoms with E-state index in [1.54, 1.807) is 24.5 Å². The molecule has 0 bridgehead atoms. The third-order valence-corrected chi connectivity index (χ3v) is 1.69. The second-order valence-corrected chi connectivity index (χ2v) is 2.47. The van der Waals surface area contributed by atoms with Crippen molar-refractivity contribution in [2.45, 2.75) is 5.92 Å². The molecule has 12 heavy (non-hydrogen) atoms.